The Bertz CT molecular complexity index is 1020. The average molecular weight is 452 g/mol. The summed E-state index contributed by atoms with van der Waals surface area (Å²) >= 11 is 6.07. The van der Waals surface area contributed by atoms with Crippen LogP contribution >= 0.6 is 11.6 Å². The van der Waals surface area contributed by atoms with Crippen molar-refractivity contribution in [1.29, 1.82) is 0 Å². The van der Waals surface area contributed by atoms with E-state index in [1.54, 1.807) is 0 Å². The molecule has 0 bridgehead atoms. The van der Waals surface area contributed by atoms with Crippen LogP contribution in [0.2, 0.25) is 5.02 Å². The number of nitrogens with zero attached hydrogens (tertiary/aromatic N) is 2. The number of hydrogen-bond donors (Lipinski definition) is 1. The number of hydrogen-bond acceptors (Lipinski definition) is 5. The molecule has 9 heteroatoms. The SMILES string of the molecule is COc1ccc(S(=O)(=O)N2CCN(c3cccc(Cl)c3)CC2)cc1C(=O)NC(C)C. The van der Waals surface area contributed by atoms with Crippen molar-refractivity contribution >= 4 is 33.2 Å². The second-order valence-corrected chi connectivity index (χ2v) is 9.74. The van der Waals surface area contributed by atoms with E-state index < -0.39 is 10.0 Å². The molecule has 1 fully saturated rings. The van der Waals surface area contributed by atoms with Gasteiger partial charge in [0.1, 0.15) is 5.75 Å². The van der Waals surface area contributed by atoms with Gasteiger partial charge in [0, 0.05) is 42.9 Å². The second-order valence-electron chi connectivity index (χ2n) is 7.36. The maximum atomic E-state index is 13.2. The van der Waals surface area contributed by atoms with Crippen molar-refractivity contribution in [3.05, 3.63) is 53.1 Å². The molecule has 1 N–H and O–H groups in total. The van der Waals surface area contributed by atoms with Gasteiger partial charge in [-0.15, -0.1) is 0 Å². The van der Waals surface area contributed by atoms with Crippen LogP contribution in [0.5, 0.6) is 5.75 Å². The lowest BCUT2D eigenvalue weighted by Gasteiger charge is -2.35. The van der Waals surface area contributed by atoms with Crippen LogP contribution in [0.25, 0.3) is 0 Å². The molecule has 0 aromatic heterocycles. The van der Waals surface area contributed by atoms with Crippen molar-refractivity contribution in [1.82, 2.24) is 9.62 Å². The Balaban J connectivity index is 1.79. The van der Waals surface area contributed by atoms with Gasteiger partial charge in [-0.3, -0.25) is 4.79 Å². The summed E-state index contributed by atoms with van der Waals surface area (Å²) in [5.41, 5.74) is 1.17. The quantitative estimate of drug-likeness (QED) is 0.730. The zero-order valence-corrected chi connectivity index (χ0v) is 18.8. The van der Waals surface area contributed by atoms with Crippen molar-refractivity contribution in [2.75, 3.05) is 38.2 Å². The first-order chi connectivity index (χ1) is 14.2. The molecule has 3 rings (SSSR count). The molecule has 1 saturated heterocycles. The van der Waals surface area contributed by atoms with Gasteiger partial charge < -0.3 is 15.0 Å². The van der Waals surface area contributed by atoms with Gasteiger partial charge in [-0.05, 0) is 50.2 Å². The molecule has 0 spiro atoms. The van der Waals surface area contributed by atoms with Crippen LogP contribution in [0, 0.1) is 0 Å². The summed E-state index contributed by atoms with van der Waals surface area (Å²) in [6.07, 6.45) is 0. The summed E-state index contributed by atoms with van der Waals surface area (Å²) in [6.45, 7) is 5.46. The van der Waals surface area contributed by atoms with Crippen LogP contribution in [0.3, 0.4) is 0 Å². The van der Waals surface area contributed by atoms with Gasteiger partial charge in [0.15, 0.2) is 0 Å². The van der Waals surface area contributed by atoms with E-state index in [0.717, 1.165) is 5.69 Å². The maximum Gasteiger partial charge on any atom is 0.255 e. The van der Waals surface area contributed by atoms with E-state index in [1.165, 1.54) is 29.6 Å². The number of sulfonamides is 1. The third-order valence-corrected chi connectivity index (χ3v) is 7.01. The van der Waals surface area contributed by atoms with E-state index in [2.05, 4.69) is 10.2 Å². The van der Waals surface area contributed by atoms with E-state index in [1.807, 2.05) is 38.1 Å². The molecule has 0 aliphatic carbocycles. The van der Waals surface area contributed by atoms with Crippen molar-refractivity contribution in [2.24, 2.45) is 0 Å². The number of nitrogens with one attached hydrogen (secondary N) is 1. The number of benzene rings is 2. The minimum atomic E-state index is -3.74. The van der Waals surface area contributed by atoms with Crippen molar-refractivity contribution < 1.29 is 17.9 Å². The first-order valence-electron chi connectivity index (χ1n) is 9.72. The van der Waals surface area contributed by atoms with E-state index >= 15 is 0 Å². The molecule has 0 saturated carbocycles. The monoisotopic (exact) mass is 451 g/mol. The summed E-state index contributed by atoms with van der Waals surface area (Å²) in [4.78, 5) is 14.7. The summed E-state index contributed by atoms with van der Waals surface area (Å²) < 4.78 is 33.1. The molecule has 1 aliphatic rings. The summed E-state index contributed by atoms with van der Waals surface area (Å²) in [7, 11) is -2.29. The first kappa shape index (κ1) is 22.4. The molecule has 7 nitrogen and oxygen atoms in total. The number of methoxy groups -OCH3 is 1. The van der Waals surface area contributed by atoms with E-state index in [0.29, 0.717) is 37.0 Å². The van der Waals surface area contributed by atoms with Crippen LogP contribution in [0.1, 0.15) is 24.2 Å². The van der Waals surface area contributed by atoms with Crippen LogP contribution in [0.15, 0.2) is 47.4 Å². The molecule has 0 radical (unpaired) electrons. The lowest BCUT2D eigenvalue weighted by Crippen LogP contribution is -2.48. The fourth-order valence-electron chi connectivity index (χ4n) is 3.37. The smallest absolute Gasteiger partial charge is 0.255 e. The van der Waals surface area contributed by atoms with Gasteiger partial charge in [0.25, 0.3) is 5.91 Å². The minimum Gasteiger partial charge on any atom is -0.496 e. The number of amides is 1. The topological polar surface area (TPSA) is 79.0 Å². The van der Waals surface area contributed by atoms with E-state index in [9.17, 15) is 13.2 Å². The highest BCUT2D eigenvalue weighted by Gasteiger charge is 2.30. The third-order valence-electron chi connectivity index (χ3n) is 4.89. The Hall–Kier alpha value is -2.29. The lowest BCUT2D eigenvalue weighted by molar-refractivity contribution is 0.0940. The zero-order valence-electron chi connectivity index (χ0n) is 17.3. The highest BCUT2D eigenvalue weighted by Crippen LogP contribution is 2.27. The van der Waals surface area contributed by atoms with Gasteiger partial charge in [0.2, 0.25) is 10.0 Å². The second kappa shape index (κ2) is 9.24. The number of carbonyl (C=O) groups is 1. The van der Waals surface area contributed by atoms with Gasteiger partial charge >= 0.3 is 0 Å². The molecule has 162 valence electrons. The maximum absolute atomic E-state index is 13.2. The molecule has 2 aromatic rings. The molecule has 1 heterocycles. The van der Waals surface area contributed by atoms with E-state index in [4.69, 9.17) is 16.3 Å². The lowest BCUT2D eigenvalue weighted by atomic mass is 10.2. The van der Waals surface area contributed by atoms with Crippen molar-refractivity contribution in [3.63, 3.8) is 0 Å². The van der Waals surface area contributed by atoms with Gasteiger partial charge in [-0.25, -0.2) is 8.42 Å². The Morgan fingerprint density at radius 2 is 1.80 bits per heavy atom. The fourth-order valence-corrected chi connectivity index (χ4v) is 5.01. The Morgan fingerprint density at radius 3 is 2.40 bits per heavy atom. The van der Waals surface area contributed by atoms with E-state index in [-0.39, 0.29) is 22.4 Å². The number of rotatable bonds is 6. The van der Waals surface area contributed by atoms with Crippen LogP contribution in [-0.4, -0.2) is 58.0 Å². The molecule has 1 amide bonds. The molecular weight excluding hydrogens is 426 g/mol. The average Bonchev–Trinajstić information content (AvgIpc) is 2.72. The molecule has 30 heavy (non-hydrogen) atoms. The molecule has 2 aromatic carbocycles. The van der Waals surface area contributed by atoms with Crippen LogP contribution in [0.4, 0.5) is 5.69 Å². The minimum absolute atomic E-state index is 0.0772. The van der Waals surface area contributed by atoms with Gasteiger partial charge in [-0.2, -0.15) is 4.31 Å². The normalized spacial score (nSPS) is 15.3. The molecule has 0 unspecified atom stereocenters. The fraction of sp³-hybridized carbons (Fsp3) is 0.381. The van der Waals surface area contributed by atoms with Gasteiger partial charge in [0.05, 0.1) is 17.6 Å². The largest absolute Gasteiger partial charge is 0.496 e. The van der Waals surface area contributed by atoms with Crippen LogP contribution < -0.4 is 15.0 Å². The predicted octanol–water partition coefficient (Wildman–Crippen LogP) is 3.00. The highest BCUT2D eigenvalue weighted by molar-refractivity contribution is 7.89. The zero-order chi connectivity index (χ0) is 21.9. The Kier molecular flexibility index (Phi) is 6.90. The summed E-state index contributed by atoms with van der Waals surface area (Å²) in [5.74, 6) is -0.0393. The van der Waals surface area contributed by atoms with Crippen molar-refractivity contribution in [2.45, 2.75) is 24.8 Å². The molecule has 1 aliphatic heterocycles. The van der Waals surface area contributed by atoms with Crippen molar-refractivity contribution in [3.8, 4) is 5.75 Å². The number of anilines is 1. The van der Waals surface area contributed by atoms with Crippen LogP contribution in [-0.2, 0) is 10.0 Å². The first-order valence-corrected chi connectivity index (χ1v) is 11.5. The molecule has 0 atom stereocenters. The highest BCUT2D eigenvalue weighted by atomic mass is 35.5. The Labute approximate surface area is 182 Å². The number of piperazine rings is 1. The predicted molar refractivity (Wildman–Crippen MR) is 118 cm³/mol. The third kappa shape index (κ3) is 4.88. The number of halogens is 1. The standard InChI is InChI=1S/C21H26ClN3O4S/c1-15(2)23-21(26)19-14-18(7-8-20(19)29-3)30(27,28)25-11-9-24(10-12-25)17-6-4-5-16(22)13-17/h4-8,13-15H,9-12H2,1-3H3,(H,23,26). The Morgan fingerprint density at radius 1 is 1.10 bits per heavy atom. The molecular formula is C21H26ClN3O4S. The summed E-state index contributed by atoms with van der Waals surface area (Å²) in [6, 6.07) is 11.8. The van der Waals surface area contributed by atoms with Gasteiger partial charge in [-0.1, -0.05) is 17.7 Å². The summed E-state index contributed by atoms with van der Waals surface area (Å²) in [5, 5.41) is 3.42. The number of ether oxygens (including phenoxy) is 1. The number of carbonyl (C=O) groups excluding carboxylic acids is 1.